The molecule has 0 saturated carbocycles. The quantitative estimate of drug-likeness (QED) is 0.552. The Balaban J connectivity index is 1.90. The maximum absolute atomic E-state index is 12.8. The molecule has 8 nitrogen and oxygen atoms in total. The molecule has 0 bridgehead atoms. The number of hydrogen-bond donors (Lipinski definition) is 1. The molecule has 0 saturated heterocycles. The Morgan fingerprint density at radius 2 is 1.94 bits per heavy atom. The molecule has 0 aliphatic rings. The van der Waals surface area contributed by atoms with Crippen LogP contribution in [0.1, 0.15) is 12.5 Å². The van der Waals surface area contributed by atoms with Gasteiger partial charge in [-0.15, -0.1) is 23.4 Å². The van der Waals surface area contributed by atoms with E-state index in [0.29, 0.717) is 28.4 Å². The lowest BCUT2D eigenvalue weighted by atomic mass is 10.1. The van der Waals surface area contributed by atoms with Crippen LogP contribution in [0.25, 0.3) is 11.4 Å². The first-order valence-corrected chi connectivity index (χ1v) is 9.40. The Morgan fingerprint density at radius 3 is 2.55 bits per heavy atom. The van der Waals surface area contributed by atoms with Crippen molar-refractivity contribution < 1.29 is 27.4 Å². The van der Waals surface area contributed by atoms with E-state index < -0.39 is 6.36 Å². The lowest BCUT2D eigenvalue weighted by Crippen LogP contribution is -2.33. The van der Waals surface area contributed by atoms with Crippen molar-refractivity contribution in [3.8, 4) is 17.1 Å². The van der Waals surface area contributed by atoms with E-state index in [4.69, 9.17) is 16.3 Å². The molecule has 0 spiro atoms. The van der Waals surface area contributed by atoms with Gasteiger partial charge in [-0.2, -0.15) is 5.21 Å². The molecule has 31 heavy (non-hydrogen) atoms. The van der Waals surface area contributed by atoms with Crippen molar-refractivity contribution in [2.24, 2.45) is 0 Å². The number of rotatable bonds is 8. The fourth-order valence-corrected chi connectivity index (χ4v) is 2.94. The third-order valence-corrected chi connectivity index (χ3v) is 4.24. The SMILES string of the molecule is CCOCC(=O)N(Cc1ccc(OC(F)(F)F)cc1)c1cc(Cl)cc(-c2nn[nH]n2)c1. The second-order valence-electron chi connectivity index (χ2n) is 6.24. The second kappa shape index (κ2) is 9.75. The van der Waals surface area contributed by atoms with Crippen LogP contribution in [0, 0.1) is 0 Å². The number of ether oxygens (including phenoxy) is 2. The van der Waals surface area contributed by atoms with E-state index in [2.05, 4.69) is 25.4 Å². The van der Waals surface area contributed by atoms with Crippen molar-refractivity contribution in [2.45, 2.75) is 19.8 Å². The summed E-state index contributed by atoms with van der Waals surface area (Å²) in [5, 5.41) is 14.0. The predicted molar refractivity (Wildman–Crippen MR) is 105 cm³/mol. The lowest BCUT2D eigenvalue weighted by molar-refractivity contribution is -0.274. The van der Waals surface area contributed by atoms with Crippen molar-refractivity contribution in [3.05, 3.63) is 53.1 Å². The van der Waals surface area contributed by atoms with Gasteiger partial charge in [-0.1, -0.05) is 23.7 Å². The summed E-state index contributed by atoms with van der Waals surface area (Å²) >= 11 is 6.23. The van der Waals surface area contributed by atoms with E-state index in [-0.39, 0.29) is 30.6 Å². The molecule has 0 fully saturated rings. The number of amides is 1. The zero-order chi connectivity index (χ0) is 22.4. The summed E-state index contributed by atoms with van der Waals surface area (Å²) in [4.78, 5) is 14.2. The van der Waals surface area contributed by atoms with Gasteiger partial charge in [0.15, 0.2) is 0 Å². The Morgan fingerprint density at radius 1 is 1.19 bits per heavy atom. The number of nitrogens with one attached hydrogen (secondary N) is 1. The minimum Gasteiger partial charge on any atom is -0.406 e. The van der Waals surface area contributed by atoms with E-state index >= 15 is 0 Å². The number of nitrogens with zero attached hydrogens (tertiary/aromatic N) is 4. The highest BCUT2D eigenvalue weighted by Crippen LogP contribution is 2.29. The van der Waals surface area contributed by atoms with Crippen molar-refractivity contribution in [1.29, 1.82) is 0 Å². The van der Waals surface area contributed by atoms with Crippen LogP contribution in [0.2, 0.25) is 5.02 Å². The number of H-pyrrole nitrogens is 1. The number of tetrazole rings is 1. The molecule has 0 unspecified atom stereocenters. The number of halogens is 4. The van der Waals surface area contributed by atoms with E-state index in [9.17, 15) is 18.0 Å². The fraction of sp³-hybridized carbons (Fsp3) is 0.263. The molecule has 1 aromatic heterocycles. The summed E-state index contributed by atoms with van der Waals surface area (Å²) in [6, 6.07) is 10.1. The molecule has 164 valence electrons. The Kier molecular flexibility index (Phi) is 7.08. The minimum absolute atomic E-state index is 0.0598. The van der Waals surface area contributed by atoms with E-state index in [1.54, 1.807) is 25.1 Å². The second-order valence-corrected chi connectivity index (χ2v) is 6.68. The van der Waals surface area contributed by atoms with E-state index in [1.807, 2.05) is 0 Å². The van der Waals surface area contributed by atoms with Crippen LogP contribution in [-0.2, 0) is 16.1 Å². The summed E-state index contributed by atoms with van der Waals surface area (Å²) in [5.74, 6) is -0.431. The van der Waals surface area contributed by atoms with Gasteiger partial charge in [-0.25, -0.2) is 0 Å². The molecule has 3 rings (SSSR count). The van der Waals surface area contributed by atoms with Gasteiger partial charge in [0.1, 0.15) is 12.4 Å². The molecular weight excluding hydrogens is 439 g/mol. The average molecular weight is 456 g/mol. The number of aromatic nitrogens is 4. The number of anilines is 1. The highest BCUT2D eigenvalue weighted by Gasteiger charge is 2.31. The van der Waals surface area contributed by atoms with Gasteiger partial charge in [0, 0.05) is 22.9 Å². The fourth-order valence-electron chi connectivity index (χ4n) is 2.71. The molecule has 1 N–H and O–H groups in total. The van der Waals surface area contributed by atoms with Gasteiger partial charge >= 0.3 is 6.36 Å². The van der Waals surface area contributed by atoms with Crippen molar-refractivity contribution in [2.75, 3.05) is 18.1 Å². The highest BCUT2D eigenvalue weighted by atomic mass is 35.5. The monoisotopic (exact) mass is 455 g/mol. The molecule has 1 heterocycles. The molecule has 0 aliphatic heterocycles. The first-order valence-electron chi connectivity index (χ1n) is 9.02. The van der Waals surface area contributed by atoms with Crippen LogP contribution in [-0.4, -0.2) is 46.1 Å². The molecule has 3 aromatic rings. The predicted octanol–water partition coefficient (Wildman–Crippen LogP) is 3.99. The van der Waals surface area contributed by atoms with E-state index in [0.717, 1.165) is 0 Å². The molecule has 0 radical (unpaired) electrons. The third-order valence-electron chi connectivity index (χ3n) is 4.03. The number of benzene rings is 2. The van der Waals surface area contributed by atoms with Crippen LogP contribution < -0.4 is 9.64 Å². The molecule has 0 atom stereocenters. The van der Waals surface area contributed by atoms with Crippen molar-refractivity contribution in [3.63, 3.8) is 0 Å². The Hall–Kier alpha value is -3.18. The van der Waals surface area contributed by atoms with Crippen LogP contribution >= 0.6 is 11.6 Å². The lowest BCUT2D eigenvalue weighted by Gasteiger charge is -2.24. The van der Waals surface area contributed by atoms with Crippen molar-refractivity contribution in [1.82, 2.24) is 20.6 Å². The van der Waals surface area contributed by atoms with Crippen LogP contribution in [0.5, 0.6) is 5.75 Å². The maximum atomic E-state index is 12.8. The number of carbonyl (C=O) groups excluding carboxylic acids is 1. The topological polar surface area (TPSA) is 93.2 Å². The van der Waals surface area contributed by atoms with Gasteiger partial charge in [-0.05, 0) is 48.0 Å². The van der Waals surface area contributed by atoms with Crippen LogP contribution in [0.15, 0.2) is 42.5 Å². The van der Waals surface area contributed by atoms with Gasteiger partial charge < -0.3 is 14.4 Å². The smallest absolute Gasteiger partial charge is 0.406 e. The highest BCUT2D eigenvalue weighted by molar-refractivity contribution is 6.31. The Labute approximate surface area is 179 Å². The first kappa shape index (κ1) is 22.5. The summed E-state index contributed by atoms with van der Waals surface area (Å²) in [6.07, 6.45) is -4.78. The Bertz CT molecular complexity index is 1010. The molecule has 12 heteroatoms. The number of hydrogen-bond acceptors (Lipinski definition) is 6. The minimum atomic E-state index is -4.78. The maximum Gasteiger partial charge on any atom is 0.573 e. The third kappa shape index (κ3) is 6.40. The number of carbonyl (C=O) groups is 1. The summed E-state index contributed by atoms with van der Waals surface area (Å²) in [5.41, 5.74) is 1.53. The zero-order valence-corrected chi connectivity index (χ0v) is 16.9. The van der Waals surface area contributed by atoms with Gasteiger partial charge in [0.25, 0.3) is 5.91 Å². The molecular formula is C19H17ClF3N5O3. The van der Waals surface area contributed by atoms with Crippen LogP contribution in [0.4, 0.5) is 18.9 Å². The largest absolute Gasteiger partial charge is 0.573 e. The normalized spacial score (nSPS) is 11.4. The molecule has 1 amide bonds. The zero-order valence-electron chi connectivity index (χ0n) is 16.2. The number of alkyl halides is 3. The average Bonchev–Trinajstić information content (AvgIpc) is 3.25. The first-order chi connectivity index (χ1) is 14.7. The van der Waals surface area contributed by atoms with Gasteiger partial charge in [0.2, 0.25) is 5.82 Å². The summed E-state index contributed by atoms with van der Waals surface area (Å²) in [7, 11) is 0. The van der Waals surface area contributed by atoms with Crippen molar-refractivity contribution >= 4 is 23.2 Å². The van der Waals surface area contributed by atoms with Crippen LogP contribution in [0.3, 0.4) is 0 Å². The summed E-state index contributed by atoms with van der Waals surface area (Å²) in [6.45, 7) is 1.97. The van der Waals surface area contributed by atoms with E-state index in [1.165, 1.54) is 29.2 Å². The molecule has 0 aliphatic carbocycles. The number of aromatic amines is 1. The van der Waals surface area contributed by atoms with Gasteiger partial charge in [0.05, 0.1) is 6.54 Å². The standard InChI is InChI=1S/C19H17ClF3N5O3/c1-2-30-11-17(29)28(10-12-3-5-16(6-4-12)31-19(21,22)23)15-8-13(7-14(20)9-15)18-24-26-27-25-18/h3-9H,2,10-11H2,1H3,(H,24,25,26,27). The molecule has 2 aromatic carbocycles. The van der Waals surface area contributed by atoms with Gasteiger partial charge in [-0.3, -0.25) is 4.79 Å². The summed E-state index contributed by atoms with van der Waals surface area (Å²) < 4.78 is 46.2.